The molecule has 6 nitrogen and oxygen atoms in total. The molecule has 2 aromatic heterocycles. The summed E-state index contributed by atoms with van der Waals surface area (Å²) in [7, 11) is 0. The molecule has 2 aromatic carbocycles. The summed E-state index contributed by atoms with van der Waals surface area (Å²) in [6.07, 6.45) is 2.12. The minimum atomic E-state index is -0.134. The van der Waals surface area contributed by atoms with Crippen molar-refractivity contribution in [1.82, 2.24) is 19.8 Å². The Labute approximate surface area is 230 Å². The number of aryl methyl sites for hydroxylation is 1. The van der Waals surface area contributed by atoms with Gasteiger partial charge in [0.05, 0.1) is 17.8 Å². The van der Waals surface area contributed by atoms with E-state index >= 15 is 0 Å². The third kappa shape index (κ3) is 5.31. The maximum absolute atomic E-state index is 12.8. The van der Waals surface area contributed by atoms with Gasteiger partial charge in [-0.05, 0) is 86.2 Å². The molecule has 0 radical (unpaired) electrons. The number of hydrogen-bond donors (Lipinski definition) is 2. The smallest absolute Gasteiger partial charge is 0.226 e. The van der Waals surface area contributed by atoms with Crippen LogP contribution in [0.4, 0.5) is 5.69 Å². The summed E-state index contributed by atoms with van der Waals surface area (Å²) < 4.78 is 3.30. The number of halogens is 1. The van der Waals surface area contributed by atoms with Crippen LogP contribution in [-0.2, 0) is 4.79 Å². The number of nitrogens with zero attached hydrogens (tertiary/aromatic N) is 3. The normalized spacial score (nSPS) is 17.1. The SMILES string of the molecule is Cc1cc([C@H]2[C@@H](c3ccccn3)NC(=S)N2CCC(=O)Nc2ccccc2)c(C)n1-c1ccc(Br)cc1. The van der Waals surface area contributed by atoms with Gasteiger partial charge in [0.2, 0.25) is 5.91 Å². The van der Waals surface area contributed by atoms with E-state index in [9.17, 15) is 4.79 Å². The third-order valence-electron chi connectivity index (χ3n) is 6.71. The molecule has 0 spiro atoms. The third-order valence-corrected chi connectivity index (χ3v) is 7.59. The molecule has 5 rings (SSSR count). The van der Waals surface area contributed by atoms with Crippen LogP contribution in [-0.4, -0.2) is 32.0 Å². The second-order valence-electron chi connectivity index (χ2n) is 9.12. The van der Waals surface area contributed by atoms with Gasteiger partial charge in [-0.2, -0.15) is 0 Å². The summed E-state index contributed by atoms with van der Waals surface area (Å²) >= 11 is 9.34. The number of nitrogens with one attached hydrogen (secondary N) is 2. The van der Waals surface area contributed by atoms with Crippen molar-refractivity contribution in [3.8, 4) is 5.69 Å². The highest BCUT2D eigenvalue weighted by atomic mass is 79.9. The van der Waals surface area contributed by atoms with Crippen molar-refractivity contribution < 1.29 is 4.79 Å². The summed E-state index contributed by atoms with van der Waals surface area (Å²) in [4.78, 5) is 19.6. The average molecular weight is 575 g/mol. The predicted octanol–water partition coefficient (Wildman–Crippen LogP) is 6.25. The van der Waals surface area contributed by atoms with Gasteiger partial charge in [-0.15, -0.1) is 0 Å². The standard InChI is InChI=1S/C29H28BrN5OS/c1-19-18-24(20(2)35(19)23-13-11-21(30)12-14-23)28-27(25-10-6-7-16-31-25)33-29(37)34(28)17-15-26(36)32-22-8-4-3-5-9-22/h3-14,16,18,27-28H,15,17H2,1-2H3,(H,32,36)(H,33,37)/t27-,28+/m1/s1. The van der Waals surface area contributed by atoms with Gasteiger partial charge in [0.25, 0.3) is 0 Å². The van der Waals surface area contributed by atoms with Crippen molar-refractivity contribution in [2.24, 2.45) is 0 Å². The van der Waals surface area contributed by atoms with Gasteiger partial charge in [0, 0.05) is 46.4 Å². The van der Waals surface area contributed by atoms with Crippen LogP contribution < -0.4 is 10.6 Å². The Hall–Kier alpha value is -3.49. The second-order valence-corrected chi connectivity index (χ2v) is 10.4. The van der Waals surface area contributed by atoms with Crippen LogP contribution in [0.5, 0.6) is 0 Å². The molecule has 1 fully saturated rings. The Bertz CT molecular complexity index is 1410. The van der Waals surface area contributed by atoms with Crippen molar-refractivity contribution in [3.05, 3.63) is 112 Å². The highest BCUT2D eigenvalue weighted by Gasteiger charge is 2.41. The number of rotatable bonds is 7. The molecule has 2 atom stereocenters. The van der Waals surface area contributed by atoms with Gasteiger partial charge in [-0.25, -0.2) is 0 Å². The Kier molecular flexibility index (Phi) is 7.39. The minimum absolute atomic E-state index is 0.0469. The van der Waals surface area contributed by atoms with E-state index in [1.54, 1.807) is 6.20 Å². The van der Waals surface area contributed by atoms with Gasteiger partial charge in [-0.1, -0.05) is 40.2 Å². The largest absolute Gasteiger partial charge is 0.352 e. The van der Waals surface area contributed by atoms with Crippen molar-refractivity contribution in [2.75, 3.05) is 11.9 Å². The van der Waals surface area contributed by atoms with Gasteiger partial charge in [0.15, 0.2) is 5.11 Å². The van der Waals surface area contributed by atoms with Gasteiger partial charge in [0.1, 0.15) is 0 Å². The predicted molar refractivity (Wildman–Crippen MR) is 155 cm³/mol. The highest BCUT2D eigenvalue weighted by molar-refractivity contribution is 9.10. The average Bonchev–Trinajstić information content (AvgIpc) is 3.39. The molecule has 0 saturated carbocycles. The number of thiocarbonyl (C=S) groups is 1. The molecule has 1 aliphatic heterocycles. The molecule has 4 aromatic rings. The van der Waals surface area contributed by atoms with Crippen molar-refractivity contribution in [3.63, 3.8) is 0 Å². The topological polar surface area (TPSA) is 62.2 Å². The Balaban J connectivity index is 1.47. The lowest BCUT2D eigenvalue weighted by Gasteiger charge is -2.28. The van der Waals surface area contributed by atoms with Gasteiger partial charge in [-0.3, -0.25) is 9.78 Å². The first-order valence-electron chi connectivity index (χ1n) is 12.2. The monoisotopic (exact) mass is 573 g/mol. The van der Waals surface area contributed by atoms with Crippen LogP contribution in [0.2, 0.25) is 0 Å². The first-order chi connectivity index (χ1) is 17.9. The molecule has 1 aliphatic rings. The number of amides is 1. The van der Waals surface area contributed by atoms with Crippen LogP contribution in [0.1, 0.15) is 41.1 Å². The number of carbonyl (C=O) groups is 1. The Morgan fingerprint density at radius 1 is 1.05 bits per heavy atom. The summed E-state index contributed by atoms with van der Waals surface area (Å²) in [6, 6.07) is 25.7. The molecular weight excluding hydrogens is 546 g/mol. The summed E-state index contributed by atoms with van der Waals surface area (Å²) in [5.41, 5.74) is 6.23. The molecule has 188 valence electrons. The lowest BCUT2D eigenvalue weighted by molar-refractivity contribution is -0.116. The van der Waals surface area contributed by atoms with E-state index in [4.69, 9.17) is 12.2 Å². The maximum Gasteiger partial charge on any atom is 0.226 e. The number of benzene rings is 2. The fourth-order valence-electron chi connectivity index (χ4n) is 5.03. The highest BCUT2D eigenvalue weighted by Crippen LogP contribution is 2.41. The molecule has 0 bridgehead atoms. The fourth-order valence-corrected chi connectivity index (χ4v) is 5.62. The van der Waals surface area contributed by atoms with E-state index in [1.807, 2.05) is 48.5 Å². The molecule has 8 heteroatoms. The van der Waals surface area contributed by atoms with E-state index in [2.05, 4.69) is 85.2 Å². The van der Waals surface area contributed by atoms with Gasteiger partial charge < -0.3 is 20.1 Å². The molecule has 0 unspecified atom stereocenters. The van der Waals surface area contributed by atoms with Crippen molar-refractivity contribution in [2.45, 2.75) is 32.4 Å². The molecule has 0 aliphatic carbocycles. The molecule has 1 amide bonds. The zero-order chi connectivity index (χ0) is 25.9. The number of para-hydroxylation sites is 1. The lowest BCUT2D eigenvalue weighted by Crippen LogP contribution is -2.32. The van der Waals surface area contributed by atoms with E-state index < -0.39 is 0 Å². The maximum atomic E-state index is 12.8. The molecule has 1 saturated heterocycles. The molecular formula is C29H28BrN5OS. The van der Waals surface area contributed by atoms with Crippen LogP contribution in [0.15, 0.2) is 89.5 Å². The number of pyridine rings is 1. The van der Waals surface area contributed by atoms with E-state index in [0.717, 1.165) is 38.5 Å². The second kappa shape index (κ2) is 10.9. The minimum Gasteiger partial charge on any atom is -0.352 e. The van der Waals surface area contributed by atoms with Crippen LogP contribution >= 0.6 is 28.1 Å². The molecule has 2 N–H and O–H groups in total. The van der Waals surface area contributed by atoms with Gasteiger partial charge >= 0.3 is 0 Å². The number of aromatic nitrogens is 2. The zero-order valence-corrected chi connectivity index (χ0v) is 23.1. The molecule has 3 heterocycles. The first kappa shape index (κ1) is 25.2. The van der Waals surface area contributed by atoms with Crippen molar-refractivity contribution >= 4 is 44.9 Å². The Morgan fingerprint density at radius 3 is 2.49 bits per heavy atom. The van der Waals surface area contributed by atoms with E-state index in [1.165, 1.54) is 0 Å². The van der Waals surface area contributed by atoms with E-state index in [0.29, 0.717) is 18.1 Å². The fraction of sp³-hybridized carbons (Fsp3) is 0.207. The first-order valence-corrected chi connectivity index (χ1v) is 13.4. The Morgan fingerprint density at radius 2 is 1.78 bits per heavy atom. The van der Waals surface area contributed by atoms with Crippen molar-refractivity contribution in [1.29, 1.82) is 0 Å². The quantitative estimate of drug-likeness (QED) is 0.256. The summed E-state index contributed by atoms with van der Waals surface area (Å²) in [5.74, 6) is -0.0469. The number of hydrogen-bond acceptors (Lipinski definition) is 3. The number of carbonyl (C=O) groups excluding carboxylic acids is 1. The van der Waals surface area contributed by atoms with Crippen LogP contribution in [0.25, 0.3) is 5.69 Å². The number of anilines is 1. The zero-order valence-electron chi connectivity index (χ0n) is 20.7. The molecule has 37 heavy (non-hydrogen) atoms. The summed E-state index contributed by atoms with van der Waals surface area (Å²) in [5, 5.41) is 7.10. The van der Waals surface area contributed by atoms with E-state index in [-0.39, 0.29) is 18.0 Å². The van der Waals surface area contributed by atoms with Crippen LogP contribution in [0, 0.1) is 13.8 Å². The lowest BCUT2D eigenvalue weighted by atomic mass is 9.96. The van der Waals surface area contributed by atoms with Crippen LogP contribution in [0.3, 0.4) is 0 Å². The summed E-state index contributed by atoms with van der Waals surface area (Å²) in [6.45, 7) is 4.74.